The number of carbonyl (C=O) groups excluding carboxylic acids is 1. The topological polar surface area (TPSA) is 120 Å². The van der Waals surface area contributed by atoms with Crippen LogP contribution >= 0.6 is 0 Å². The van der Waals surface area contributed by atoms with Gasteiger partial charge in [0.25, 0.3) is 0 Å². The largest absolute Gasteiger partial charge is 0.481 e. The summed E-state index contributed by atoms with van der Waals surface area (Å²) in [6.07, 6.45) is 4.80. The number of nitrogens with one attached hydrogen (secondary N) is 1. The number of aliphatic hydroxyl groups excluding tert-OH is 1. The molecule has 1 aromatic carbocycles. The molecule has 3 heterocycles. The maximum Gasteiger partial charge on any atom is 0.220 e. The number of ether oxygens (including phenoxy) is 2. The minimum absolute atomic E-state index is 0.0173. The number of aliphatic hydroxyl groups is 1. The first kappa shape index (κ1) is 26.6. The normalized spacial score (nSPS) is 20.8. The van der Waals surface area contributed by atoms with Crippen molar-refractivity contribution >= 4 is 23.0 Å². The van der Waals surface area contributed by atoms with Gasteiger partial charge in [-0.1, -0.05) is 12.2 Å². The quantitative estimate of drug-likeness (QED) is 0.381. The predicted octanol–water partition coefficient (Wildman–Crippen LogP) is 3.43. The zero-order valence-corrected chi connectivity index (χ0v) is 20.4. The van der Waals surface area contributed by atoms with Crippen LogP contribution in [-0.2, 0) is 9.53 Å². The van der Waals surface area contributed by atoms with Crippen LogP contribution in [0.15, 0.2) is 48.7 Å². The molecule has 0 unspecified atom stereocenters. The average Bonchev–Trinajstić information content (AvgIpc) is 2.88. The molecular formula is C27H30F2N4O4. The number of hydrogen-bond acceptors (Lipinski definition) is 7. The lowest BCUT2D eigenvalue weighted by molar-refractivity contribution is -0.127. The van der Waals surface area contributed by atoms with Crippen LogP contribution in [0.2, 0.25) is 0 Å². The number of hydrogen-bond donors (Lipinski definition) is 3. The summed E-state index contributed by atoms with van der Waals surface area (Å²) in [4.78, 5) is 20.4. The fourth-order valence-corrected chi connectivity index (χ4v) is 4.59. The molecule has 2 aromatic heterocycles. The van der Waals surface area contributed by atoms with Crippen molar-refractivity contribution in [1.29, 1.82) is 0 Å². The number of fused-ring (bicyclic) bond motifs is 1. The van der Waals surface area contributed by atoms with Gasteiger partial charge in [-0.25, -0.2) is 13.8 Å². The summed E-state index contributed by atoms with van der Waals surface area (Å²) in [5.41, 5.74) is 7.43. The van der Waals surface area contributed by atoms with Gasteiger partial charge < -0.3 is 25.6 Å². The molecule has 0 bridgehead atoms. The Morgan fingerprint density at radius 1 is 1.30 bits per heavy atom. The van der Waals surface area contributed by atoms with Crippen molar-refractivity contribution in [3.8, 4) is 5.88 Å². The molecule has 196 valence electrons. The summed E-state index contributed by atoms with van der Waals surface area (Å²) < 4.78 is 38.6. The van der Waals surface area contributed by atoms with Crippen LogP contribution in [0.5, 0.6) is 5.88 Å². The smallest absolute Gasteiger partial charge is 0.220 e. The Morgan fingerprint density at radius 2 is 2.14 bits per heavy atom. The predicted molar refractivity (Wildman–Crippen MR) is 135 cm³/mol. The Balaban J connectivity index is 1.39. The van der Waals surface area contributed by atoms with E-state index >= 15 is 0 Å². The molecule has 0 saturated carbocycles. The molecular weight excluding hydrogens is 482 g/mol. The molecule has 0 radical (unpaired) electrons. The third-order valence-corrected chi connectivity index (χ3v) is 6.42. The maximum absolute atomic E-state index is 13.8. The van der Waals surface area contributed by atoms with Gasteiger partial charge in [0, 0.05) is 42.4 Å². The van der Waals surface area contributed by atoms with Gasteiger partial charge in [0.05, 0.1) is 42.9 Å². The van der Waals surface area contributed by atoms with Gasteiger partial charge >= 0.3 is 0 Å². The first-order valence-corrected chi connectivity index (χ1v) is 12.1. The van der Waals surface area contributed by atoms with Crippen LogP contribution in [0, 0.1) is 11.6 Å². The molecule has 1 aliphatic heterocycles. The summed E-state index contributed by atoms with van der Waals surface area (Å²) in [7, 11) is 1.52. The number of benzene rings is 1. The monoisotopic (exact) mass is 512 g/mol. The van der Waals surface area contributed by atoms with Gasteiger partial charge in [0.2, 0.25) is 11.8 Å². The van der Waals surface area contributed by atoms with E-state index in [1.165, 1.54) is 13.2 Å². The van der Waals surface area contributed by atoms with Crippen LogP contribution in [0.3, 0.4) is 0 Å². The molecule has 8 nitrogen and oxygen atoms in total. The van der Waals surface area contributed by atoms with Gasteiger partial charge in [0.15, 0.2) is 0 Å². The van der Waals surface area contributed by atoms with Crippen molar-refractivity contribution < 1.29 is 28.2 Å². The minimum atomic E-state index is -0.863. The van der Waals surface area contributed by atoms with Crippen LogP contribution in [-0.4, -0.2) is 52.9 Å². The maximum atomic E-state index is 13.8. The number of carbonyl (C=O) groups is 1. The fraction of sp³-hybridized carbons (Fsp3) is 0.370. The lowest BCUT2D eigenvalue weighted by Gasteiger charge is -2.37. The highest BCUT2D eigenvalue weighted by Crippen LogP contribution is 2.31. The SMILES string of the molecule is COc1ccc2nccc([C@@H](O)C[C@@H]3CC[C@@H](NC/C=C/c4cc(F)ccc4F)[C@@H](CC(N)=O)O3)c2n1. The van der Waals surface area contributed by atoms with Crippen LogP contribution in [0.25, 0.3) is 17.1 Å². The van der Waals surface area contributed by atoms with E-state index in [-0.39, 0.29) is 24.1 Å². The second-order valence-corrected chi connectivity index (χ2v) is 9.00. The van der Waals surface area contributed by atoms with E-state index in [0.29, 0.717) is 48.3 Å². The highest BCUT2D eigenvalue weighted by Gasteiger charge is 2.33. The number of nitrogens with zero attached hydrogens (tertiary/aromatic N) is 2. The third-order valence-electron chi connectivity index (χ3n) is 6.42. The van der Waals surface area contributed by atoms with Crippen LogP contribution in [0.1, 0.15) is 42.9 Å². The average molecular weight is 513 g/mol. The standard InChI is InChI=1S/C27H30F2N4O4/c1-36-26-9-8-22-27(33-26)19(10-12-32-22)23(34)14-18-5-7-21(24(37-18)15-25(30)35)31-11-2-3-16-13-17(28)4-6-20(16)29/h2-4,6,8-10,12-13,18,21,23-24,31,34H,5,7,11,14-15H2,1H3,(H2,30,35)/b3-2+/t18-,21+,23-,24+/m0/s1. The molecule has 1 aliphatic rings. The molecule has 1 fully saturated rings. The second kappa shape index (κ2) is 12.2. The molecule has 1 saturated heterocycles. The Labute approximate surface area is 213 Å². The van der Waals surface area contributed by atoms with Crippen molar-refractivity contribution in [3.63, 3.8) is 0 Å². The van der Waals surface area contributed by atoms with Crippen molar-refractivity contribution in [2.24, 2.45) is 5.73 Å². The Bertz CT molecular complexity index is 1270. The number of halogens is 2. The van der Waals surface area contributed by atoms with Gasteiger partial charge in [-0.05, 0) is 43.2 Å². The highest BCUT2D eigenvalue weighted by atomic mass is 19.1. The van der Waals surface area contributed by atoms with E-state index in [9.17, 15) is 18.7 Å². The first-order valence-electron chi connectivity index (χ1n) is 12.1. The second-order valence-electron chi connectivity index (χ2n) is 9.00. The van der Waals surface area contributed by atoms with Crippen LogP contribution in [0.4, 0.5) is 8.78 Å². The van der Waals surface area contributed by atoms with E-state index in [2.05, 4.69) is 15.3 Å². The molecule has 4 rings (SSSR count). The Morgan fingerprint density at radius 3 is 2.92 bits per heavy atom. The number of methoxy groups -OCH3 is 1. The highest BCUT2D eigenvalue weighted by molar-refractivity contribution is 5.78. The number of rotatable bonds is 10. The molecule has 37 heavy (non-hydrogen) atoms. The summed E-state index contributed by atoms with van der Waals surface area (Å²) in [5.74, 6) is -1.10. The lowest BCUT2D eigenvalue weighted by atomic mass is 9.92. The van der Waals surface area contributed by atoms with E-state index < -0.39 is 29.7 Å². The zero-order chi connectivity index (χ0) is 26.4. The Kier molecular flexibility index (Phi) is 8.75. The van der Waals surface area contributed by atoms with Gasteiger partial charge in [-0.3, -0.25) is 9.78 Å². The summed E-state index contributed by atoms with van der Waals surface area (Å²) in [6.45, 7) is 0.364. The number of aromatic nitrogens is 2. The summed E-state index contributed by atoms with van der Waals surface area (Å²) in [5, 5.41) is 14.3. The zero-order valence-electron chi connectivity index (χ0n) is 20.4. The van der Waals surface area contributed by atoms with E-state index in [4.69, 9.17) is 15.2 Å². The molecule has 0 aliphatic carbocycles. The van der Waals surface area contributed by atoms with Crippen molar-refractivity contribution in [2.45, 2.75) is 50.0 Å². The lowest BCUT2D eigenvalue weighted by Crippen LogP contribution is -2.49. The minimum Gasteiger partial charge on any atom is -0.481 e. The summed E-state index contributed by atoms with van der Waals surface area (Å²) >= 11 is 0. The first-order chi connectivity index (χ1) is 17.8. The van der Waals surface area contributed by atoms with Crippen molar-refractivity contribution in [3.05, 3.63) is 71.4 Å². The molecule has 4 N–H and O–H groups in total. The molecule has 1 amide bonds. The fourth-order valence-electron chi connectivity index (χ4n) is 4.59. The number of amides is 1. The summed E-state index contributed by atoms with van der Waals surface area (Å²) in [6, 6.07) is 8.31. The Hall–Kier alpha value is -3.47. The van der Waals surface area contributed by atoms with E-state index in [1.807, 2.05) is 0 Å². The molecule has 0 spiro atoms. The molecule has 4 atom stereocenters. The van der Waals surface area contributed by atoms with E-state index in [0.717, 1.165) is 18.2 Å². The third kappa shape index (κ3) is 6.85. The van der Waals surface area contributed by atoms with Crippen molar-refractivity contribution in [2.75, 3.05) is 13.7 Å². The number of nitrogens with two attached hydrogens (primary N) is 1. The van der Waals surface area contributed by atoms with Gasteiger partial charge in [0.1, 0.15) is 11.6 Å². The van der Waals surface area contributed by atoms with Crippen LogP contribution < -0.4 is 15.8 Å². The molecule has 3 aromatic rings. The van der Waals surface area contributed by atoms with Gasteiger partial charge in [-0.15, -0.1) is 0 Å². The molecule has 10 heteroatoms. The number of primary amides is 1. The number of pyridine rings is 2. The van der Waals surface area contributed by atoms with Gasteiger partial charge in [-0.2, -0.15) is 0 Å². The van der Waals surface area contributed by atoms with E-state index in [1.54, 1.807) is 30.5 Å². The van der Waals surface area contributed by atoms with Crippen molar-refractivity contribution in [1.82, 2.24) is 15.3 Å².